The number of likely N-dealkylation sites (N-methyl/N-ethyl adjacent to an activating group) is 2. The summed E-state index contributed by atoms with van der Waals surface area (Å²) in [5, 5.41) is 6.83. The molecule has 1 aromatic heterocycles. The highest BCUT2D eigenvalue weighted by molar-refractivity contribution is 7.13. The van der Waals surface area contributed by atoms with Crippen LogP contribution in [0.5, 0.6) is 0 Å². The molecule has 0 radical (unpaired) electrons. The van der Waals surface area contributed by atoms with Crippen LogP contribution < -0.4 is 5.32 Å². The zero-order chi connectivity index (χ0) is 15.4. The van der Waals surface area contributed by atoms with Crippen LogP contribution in [-0.4, -0.2) is 78.6 Å². The van der Waals surface area contributed by atoms with E-state index in [4.69, 9.17) is 4.98 Å². The first-order valence-electron chi connectivity index (χ1n) is 8.58. The second-order valence-corrected chi connectivity index (χ2v) is 7.37. The zero-order valence-corrected chi connectivity index (χ0v) is 14.7. The lowest BCUT2D eigenvalue weighted by molar-refractivity contribution is 0.131. The van der Waals surface area contributed by atoms with Gasteiger partial charge >= 0.3 is 0 Å². The Labute approximate surface area is 138 Å². The van der Waals surface area contributed by atoms with Crippen molar-refractivity contribution in [2.24, 2.45) is 0 Å². The number of hydrogen-bond acceptors (Lipinski definition) is 6. The Morgan fingerprint density at radius 1 is 1.23 bits per heavy atom. The number of hydrogen-bond donors (Lipinski definition) is 1. The summed E-state index contributed by atoms with van der Waals surface area (Å²) in [4.78, 5) is 12.3. The van der Waals surface area contributed by atoms with Crippen molar-refractivity contribution in [3.05, 3.63) is 11.1 Å². The van der Waals surface area contributed by atoms with Crippen LogP contribution in [0.15, 0.2) is 5.38 Å². The summed E-state index contributed by atoms with van der Waals surface area (Å²) in [6, 6.07) is 0.675. The van der Waals surface area contributed by atoms with Crippen molar-refractivity contribution < 1.29 is 0 Å². The van der Waals surface area contributed by atoms with Gasteiger partial charge in [-0.3, -0.25) is 4.90 Å². The molecule has 2 saturated heterocycles. The molecule has 124 valence electrons. The minimum Gasteiger partial charge on any atom is -0.360 e. The Hall–Kier alpha value is -0.690. The van der Waals surface area contributed by atoms with Gasteiger partial charge in [0.2, 0.25) is 0 Å². The van der Waals surface area contributed by atoms with Crippen LogP contribution in [0, 0.1) is 0 Å². The molecule has 3 heterocycles. The minimum atomic E-state index is 0.675. The Morgan fingerprint density at radius 3 is 2.68 bits per heavy atom. The molecule has 0 unspecified atom stereocenters. The van der Waals surface area contributed by atoms with Crippen molar-refractivity contribution in [1.82, 2.24) is 19.7 Å². The molecule has 2 fully saturated rings. The van der Waals surface area contributed by atoms with E-state index in [1.165, 1.54) is 57.8 Å². The molecule has 5 nitrogen and oxygen atoms in total. The van der Waals surface area contributed by atoms with Gasteiger partial charge in [0, 0.05) is 50.7 Å². The molecule has 0 bridgehead atoms. The smallest absolute Gasteiger partial charge is 0.182 e. The predicted molar refractivity (Wildman–Crippen MR) is 93.6 cm³/mol. The van der Waals surface area contributed by atoms with Gasteiger partial charge in [0.05, 0.1) is 5.69 Å². The minimum absolute atomic E-state index is 0.675. The number of thiazole rings is 1. The van der Waals surface area contributed by atoms with E-state index in [2.05, 4.69) is 39.4 Å². The highest BCUT2D eigenvalue weighted by atomic mass is 32.1. The summed E-state index contributed by atoms with van der Waals surface area (Å²) in [6.45, 7) is 11.4. The van der Waals surface area contributed by atoms with E-state index in [1.807, 2.05) is 0 Å². The summed E-state index contributed by atoms with van der Waals surface area (Å²) in [5.41, 5.74) is 1.22. The van der Waals surface area contributed by atoms with Gasteiger partial charge in [-0.05, 0) is 33.0 Å². The van der Waals surface area contributed by atoms with E-state index in [0.717, 1.165) is 18.2 Å². The summed E-state index contributed by atoms with van der Waals surface area (Å²) in [7, 11) is 2.22. The second kappa shape index (κ2) is 7.73. The number of aromatic nitrogens is 1. The number of piperazine rings is 1. The van der Waals surface area contributed by atoms with Crippen LogP contribution in [0.2, 0.25) is 0 Å². The van der Waals surface area contributed by atoms with Gasteiger partial charge < -0.3 is 15.1 Å². The van der Waals surface area contributed by atoms with Crippen molar-refractivity contribution >= 4 is 16.5 Å². The fraction of sp³-hybridized carbons (Fsp3) is 0.812. The predicted octanol–water partition coefficient (Wildman–Crippen LogP) is 1.79. The highest BCUT2D eigenvalue weighted by Crippen LogP contribution is 2.20. The standard InChI is InChI=1S/C16H29N5S/c1-3-20-7-9-21(10-8-20)12-14-13-22-16(18-14)17-11-15-5-4-6-19(15)2/h13,15H,3-12H2,1-2H3,(H,17,18)/t15-/m0/s1. The van der Waals surface area contributed by atoms with Crippen molar-refractivity contribution in [2.45, 2.75) is 32.4 Å². The summed E-state index contributed by atoms with van der Waals surface area (Å²) >= 11 is 1.75. The Bertz CT molecular complexity index is 455. The van der Waals surface area contributed by atoms with Crippen LogP contribution >= 0.6 is 11.3 Å². The molecule has 0 aliphatic carbocycles. The van der Waals surface area contributed by atoms with E-state index < -0.39 is 0 Å². The molecule has 6 heteroatoms. The van der Waals surface area contributed by atoms with Crippen LogP contribution in [0.25, 0.3) is 0 Å². The highest BCUT2D eigenvalue weighted by Gasteiger charge is 2.21. The largest absolute Gasteiger partial charge is 0.360 e. The lowest BCUT2D eigenvalue weighted by Gasteiger charge is -2.33. The Balaban J connectivity index is 1.43. The molecule has 2 aliphatic heterocycles. The van der Waals surface area contributed by atoms with E-state index in [9.17, 15) is 0 Å². The molecule has 1 N–H and O–H groups in total. The maximum absolute atomic E-state index is 4.76. The monoisotopic (exact) mass is 323 g/mol. The molecular weight excluding hydrogens is 294 g/mol. The van der Waals surface area contributed by atoms with Crippen LogP contribution in [0.3, 0.4) is 0 Å². The molecular formula is C16H29N5S. The number of anilines is 1. The number of nitrogens with zero attached hydrogens (tertiary/aromatic N) is 4. The van der Waals surface area contributed by atoms with Crippen molar-refractivity contribution in [1.29, 1.82) is 0 Å². The van der Waals surface area contributed by atoms with E-state index in [-0.39, 0.29) is 0 Å². The molecule has 0 spiro atoms. The molecule has 3 rings (SSSR count). The van der Waals surface area contributed by atoms with Gasteiger partial charge in [-0.15, -0.1) is 11.3 Å². The Kier molecular flexibility index (Phi) is 5.68. The molecule has 0 saturated carbocycles. The SMILES string of the molecule is CCN1CCN(Cc2csc(NC[C@@H]3CCCN3C)n2)CC1. The molecule has 0 amide bonds. The average Bonchev–Trinajstić information content (AvgIpc) is 3.15. The van der Waals surface area contributed by atoms with Crippen molar-refractivity contribution in [3.63, 3.8) is 0 Å². The Morgan fingerprint density at radius 2 is 2.00 bits per heavy atom. The van der Waals surface area contributed by atoms with Crippen molar-refractivity contribution in [2.75, 3.05) is 58.2 Å². The van der Waals surface area contributed by atoms with Gasteiger partial charge in [-0.1, -0.05) is 6.92 Å². The summed E-state index contributed by atoms with van der Waals surface area (Å²) in [5.74, 6) is 0. The molecule has 22 heavy (non-hydrogen) atoms. The molecule has 1 aromatic rings. The first-order chi connectivity index (χ1) is 10.7. The van der Waals surface area contributed by atoms with E-state index in [1.54, 1.807) is 11.3 Å². The van der Waals surface area contributed by atoms with Gasteiger partial charge in [0.1, 0.15) is 0 Å². The molecule has 0 aromatic carbocycles. The van der Waals surface area contributed by atoms with Crippen molar-refractivity contribution in [3.8, 4) is 0 Å². The third kappa shape index (κ3) is 4.19. The van der Waals surface area contributed by atoms with E-state index >= 15 is 0 Å². The summed E-state index contributed by atoms with van der Waals surface area (Å²) < 4.78 is 0. The summed E-state index contributed by atoms with van der Waals surface area (Å²) in [6.07, 6.45) is 2.64. The third-order valence-corrected chi connectivity index (χ3v) is 5.86. The zero-order valence-electron chi connectivity index (χ0n) is 13.9. The van der Waals surface area contributed by atoms with Crippen LogP contribution in [0.1, 0.15) is 25.5 Å². The molecule has 2 aliphatic rings. The quantitative estimate of drug-likeness (QED) is 0.863. The average molecular weight is 324 g/mol. The third-order valence-electron chi connectivity index (χ3n) is 5.01. The fourth-order valence-electron chi connectivity index (χ4n) is 3.40. The normalized spacial score (nSPS) is 24.9. The lowest BCUT2D eigenvalue weighted by atomic mass is 10.2. The maximum Gasteiger partial charge on any atom is 0.182 e. The second-order valence-electron chi connectivity index (χ2n) is 6.51. The van der Waals surface area contributed by atoms with Crippen LogP contribution in [0.4, 0.5) is 5.13 Å². The number of rotatable bonds is 6. The van der Waals surface area contributed by atoms with E-state index in [0.29, 0.717) is 6.04 Å². The van der Waals surface area contributed by atoms with Gasteiger partial charge in [-0.25, -0.2) is 4.98 Å². The topological polar surface area (TPSA) is 34.6 Å². The first kappa shape index (κ1) is 16.2. The lowest BCUT2D eigenvalue weighted by Crippen LogP contribution is -2.45. The fourth-order valence-corrected chi connectivity index (χ4v) is 4.11. The van der Waals surface area contributed by atoms with Gasteiger partial charge in [0.15, 0.2) is 5.13 Å². The number of likely N-dealkylation sites (tertiary alicyclic amines) is 1. The maximum atomic E-state index is 4.76. The van der Waals surface area contributed by atoms with Gasteiger partial charge in [0.25, 0.3) is 0 Å². The number of nitrogens with one attached hydrogen (secondary N) is 1. The van der Waals surface area contributed by atoms with Crippen LogP contribution in [-0.2, 0) is 6.54 Å². The first-order valence-corrected chi connectivity index (χ1v) is 9.46. The van der Waals surface area contributed by atoms with Gasteiger partial charge in [-0.2, -0.15) is 0 Å². The molecule has 1 atom stereocenters.